The standard InChI is InChI=1S/C24H28N2O2S/c27-29(28,18-14-22-11-5-10-21-8-3-4-12-24(21)22)25-15-6-16-26-17-13-20-7-1-2-9-23(20)19-26/h1-5,7-12,25H,6,13-19H2. The molecule has 0 atom stereocenters. The summed E-state index contributed by atoms with van der Waals surface area (Å²) in [6.45, 7) is 3.42. The highest BCUT2D eigenvalue weighted by Gasteiger charge is 2.16. The summed E-state index contributed by atoms with van der Waals surface area (Å²) in [5, 5.41) is 2.29. The van der Waals surface area contributed by atoms with Crippen molar-refractivity contribution in [3.8, 4) is 0 Å². The number of nitrogens with one attached hydrogen (secondary N) is 1. The van der Waals surface area contributed by atoms with Gasteiger partial charge in [0, 0.05) is 19.6 Å². The van der Waals surface area contributed by atoms with Crippen LogP contribution in [0.15, 0.2) is 66.7 Å². The van der Waals surface area contributed by atoms with E-state index in [1.165, 1.54) is 11.1 Å². The predicted molar refractivity (Wildman–Crippen MR) is 119 cm³/mol. The average Bonchev–Trinajstić information content (AvgIpc) is 2.75. The van der Waals surface area contributed by atoms with E-state index in [4.69, 9.17) is 0 Å². The Morgan fingerprint density at radius 1 is 0.897 bits per heavy atom. The molecule has 0 amide bonds. The van der Waals surface area contributed by atoms with Crippen LogP contribution in [0.2, 0.25) is 0 Å². The largest absolute Gasteiger partial charge is 0.299 e. The van der Waals surface area contributed by atoms with E-state index in [2.05, 4.69) is 52.1 Å². The van der Waals surface area contributed by atoms with Crippen molar-refractivity contribution in [1.82, 2.24) is 9.62 Å². The Labute approximate surface area is 173 Å². The lowest BCUT2D eigenvalue weighted by molar-refractivity contribution is 0.251. The lowest BCUT2D eigenvalue weighted by atomic mass is 10.00. The van der Waals surface area contributed by atoms with E-state index in [-0.39, 0.29) is 5.75 Å². The molecule has 1 heterocycles. The maximum Gasteiger partial charge on any atom is 0.211 e. The van der Waals surface area contributed by atoms with Crippen LogP contribution >= 0.6 is 0 Å². The Bertz CT molecular complexity index is 1070. The van der Waals surface area contributed by atoms with Crippen LogP contribution in [0.5, 0.6) is 0 Å². The van der Waals surface area contributed by atoms with E-state index >= 15 is 0 Å². The minimum Gasteiger partial charge on any atom is -0.299 e. The molecule has 0 radical (unpaired) electrons. The molecule has 1 aliphatic rings. The van der Waals surface area contributed by atoms with E-state index in [9.17, 15) is 8.42 Å². The van der Waals surface area contributed by atoms with Gasteiger partial charge in [0.15, 0.2) is 0 Å². The molecule has 3 aromatic rings. The molecule has 1 aliphatic heterocycles. The van der Waals surface area contributed by atoms with Crippen LogP contribution in [0.1, 0.15) is 23.1 Å². The molecule has 152 valence electrons. The van der Waals surface area contributed by atoms with E-state index in [1.807, 2.05) is 24.3 Å². The fraction of sp³-hybridized carbons (Fsp3) is 0.333. The first-order valence-corrected chi connectivity index (χ1v) is 12.0. The van der Waals surface area contributed by atoms with E-state index in [0.29, 0.717) is 13.0 Å². The van der Waals surface area contributed by atoms with Crippen molar-refractivity contribution < 1.29 is 8.42 Å². The second-order valence-corrected chi connectivity index (χ2v) is 9.68. The maximum absolute atomic E-state index is 12.4. The molecule has 0 aromatic heterocycles. The second kappa shape index (κ2) is 9.08. The minimum atomic E-state index is -3.27. The lowest BCUT2D eigenvalue weighted by Crippen LogP contribution is -2.34. The third-order valence-corrected chi connectivity index (χ3v) is 7.09. The molecule has 0 unspecified atom stereocenters. The zero-order valence-corrected chi connectivity index (χ0v) is 17.5. The number of nitrogens with zero attached hydrogens (tertiary/aromatic N) is 1. The van der Waals surface area contributed by atoms with Gasteiger partial charge in [0.2, 0.25) is 10.0 Å². The van der Waals surface area contributed by atoms with E-state index in [0.717, 1.165) is 48.8 Å². The molecule has 0 spiro atoms. The molecular formula is C24H28N2O2S. The van der Waals surface area contributed by atoms with Crippen molar-refractivity contribution in [1.29, 1.82) is 0 Å². The second-order valence-electron chi connectivity index (χ2n) is 7.75. The van der Waals surface area contributed by atoms with Crippen molar-refractivity contribution in [2.24, 2.45) is 0 Å². The molecule has 0 saturated carbocycles. The zero-order valence-electron chi connectivity index (χ0n) is 16.7. The number of hydrogen-bond donors (Lipinski definition) is 1. The summed E-state index contributed by atoms with van der Waals surface area (Å²) in [6.07, 6.45) is 2.43. The van der Waals surface area contributed by atoms with Crippen LogP contribution < -0.4 is 4.72 Å². The SMILES string of the molecule is O=S(=O)(CCc1cccc2ccccc12)NCCCN1CCc2ccccc2C1. The number of rotatable bonds is 8. The van der Waals surface area contributed by atoms with Crippen LogP contribution in [-0.2, 0) is 29.4 Å². The summed E-state index contributed by atoms with van der Waals surface area (Å²) in [7, 11) is -3.27. The third kappa shape index (κ3) is 5.24. The van der Waals surface area contributed by atoms with Gasteiger partial charge in [-0.2, -0.15) is 0 Å². The topological polar surface area (TPSA) is 49.4 Å². The quantitative estimate of drug-likeness (QED) is 0.578. The predicted octanol–water partition coefficient (Wildman–Crippen LogP) is 3.75. The maximum atomic E-state index is 12.4. The van der Waals surface area contributed by atoms with Crippen LogP contribution in [0.4, 0.5) is 0 Å². The van der Waals surface area contributed by atoms with Crippen molar-refractivity contribution >= 4 is 20.8 Å². The van der Waals surface area contributed by atoms with Crippen LogP contribution in [-0.4, -0.2) is 38.7 Å². The lowest BCUT2D eigenvalue weighted by Gasteiger charge is -2.28. The molecule has 29 heavy (non-hydrogen) atoms. The van der Waals surface area contributed by atoms with E-state index in [1.54, 1.807) is 0 Å². The molecule has 0 fully saturated rings. The molecule has 0 bridgehead atoms. The summed E-state index contributed by atoms with van der Waals surface area (Å²) >= 11 is 0. The van der Waals surface area contributed by atoms with Gasteiger partial charge in [-0.05, 0) is 53.3 Å². The van der Waals surface area contributed by atoms with Crippen molar-refractivity contribution in [3.63, 3.8) is 0 Å². The van der Waals surface area contributed by atoms with Crippen LogP contribution in [0.3, 0.4) is 0 Å². The van der Waals surface area contributed by atoms with Crippen molar-refractivity contribution in [2.45, 2.75) is 25.8 Å². The molecule has 1 N–H and O–H groups in total. The Morgan fingerprint density at radius 3 is 2.55 bits per heavy atom. The number of aryl methyl sites for hydroxylation is 1. The van der Waals surface area contributed by atoms with Gasteiger partial charge in [-0.25, -0.2) is 13.1 Å². The monoisotopic (exact) mass is 408 g/mol. The Morgan fingerprint density at radius 2 is 1.66 bits per heavy atom. The summed E-state index contributed by atoms with van der Waals surface area (Å²) in [4.78, 5) is 2.41. The first-order valence-electron chi connectivity index (χ1n) is 10.3. The zero-order chi connectivity index (χ0) is 20.1. The molecule has 0 aliphatic carbocycles. The highest BCUT2D eigenvalue weighted by molar-refractivity contribution is 7.89. The van der Waals surface area contributed by atoms with E-state index < -0.39 is 10.0 Å². The smallest absolute Gasteiger partial charge is 0.211 e. The fourth-order valence-electron chi connectivity index (χ4n) is 4.10. The van der Waals surface area contributed by atoms with Gasteiger partial charge in [-0.1, -0.05) is 66.7 Å². The van der Waals surface area contributed by atoms with Crippen molar-refractivity contribution in [3.05, 3.63) is 83.4 Å². The summed E-state index contributed by atoms with van der Waals surface area (Å²) in [6, 6.07) is 22.8. The fourth-order valence-corrected chi connectivity index (χ4v) is 5.19. The molecule has 5 heteroatoms. The van der Waals surface area contributed by atoms with Gasteiger partial charge in [0.25, 0.3) is 0 Å². The molecule has 0 saturated heterocycles. The number of benzene rings is 3. The average molecular weight is 409 g/mol. The van der Waals surface area contributed by atoms with Gasteiger partial charge in [0.1, 0.15) is 0 Å². The summed E-state index contributed by atoms with van der Waals surface area (Å²) in [5.41, 5.74) is 3.92. The summed E-state index contributed by atoms with van der Waals surface area (Å²) in [5.74, 6) is 0.123. The minimum absolute atomic E-state index is 0.123. The van der Waals surface area contributed by atoms with Gasteiger partial charge in [-0.3, -0.25) is 4.90 Å². The number of sulfonamides is 1. The molecular weight excluding hydrogens is 380 g/mol. The first-order chi connectivity index (χ1) is 14.1. The Kier molecular flexibility index (Phi) is 6.28. The van der Waals surface area contributed by atoms with Crippen molar-refractivity contribution in [2.75, 3.05) is 25.4 Å². The third-order valence-electron chi connectivity index (χ3n) is 5.70. The molecule has 4 rings (SSSR count). The highest BCUT2D eigenvalue weighted by atomic mass is 32.2. The Hall–Kier alpha value is -2.21. The number of hydrogen-bond acceptors (Lipinski definition) is 3. The van der Waals surface area contributed by atoms with Crippen LogP contribution in [0, 0.1) is 0 Å². The highest BCUT2D eigenvalue weighted by Crippen LogP contribution is 2.20. The molecule has 4 nitrogen and oxygen atoms in total. The molecule has 3 aromatic carbocycles. The van der Waals surface area contributed by atoms with Gasteiger partial charge >= 0.3 is 0 Å². The van der Waals surface area contributed by atoms with Gasteiger partial charge < -0.3 is 0 Å². The van der Waals surface area contributed by atoms with Gasteiger partial charge in [0.05, 0.1) is 5.75 Å². The van der Waals surface area contributed by atoms with Crippen LogP contribution in [0.25, 0.3) is 10.8 Å². The summed E-state index contributed by atoms with van der Waals surface area (Å²) < 4.78 is 27.6. The normalized spacial score (nSPS) is 14.8. The number of fused-ring (bicyclic) bond motifs is 2. The first kappa shape index (κ1) is 20.1. The van der Waals surface area contributed by atoms with Gasteiger partial charge in [-0.15, -0.1) is 0 Å². The Balaban J connectivity index is 1.23.